The van der Waals surface area contributed by atoms with Crippen molar-refractivity contribution < 1.29 is 0 Å². The van der Waals surface area contributed by atoms with Crippen molar-refractivity contribution in [1.82, 2.24) is 4.90 Å². The molecular formula is C18H28N2. The van der Waals surface area contributed by atoms with Crippen molar-refractivity contribution >= 4 is 0 Å². The Morgan fingerprint density at radius 3 is 2.30 bits per heavy atom. The van der Waals surface area contributed by atoms with Crippen LogP contribution in [-0.2, 0) is 0 Å². The fourth-order valence-electron chi connectivity index (χ4n) is 3.64. The van der Waals surface area contributed by atoms with Crippen LogP contribution < -0.4 is 5.73 Å². The van der Waals surface area contributed by atoms with Gasteiger partial charge < -0.3 is 5.73 Å². The van der Waals surface area contributed by atoms with E-state index < -0.39 is 0 Å². The molecule has 1 unspecified atom stereocenters. The third kappa shape index (κ3) is 3.24. The van der Waals surface area contributed by atoms with Crippen LogP contribution in [0, 0.1) is 0 Å². The smallest absolute Gasteiger partial charge is 0.0473 e. The highest BCUT2D eigenvalue weighted by molar-refractivity contribution is 5.35. The molecule has 1 aromatic carbocycles. The van der Waals surface area contributed by atoms with E-state index in [0.29, 0.717) is 6.04 Å². The molecular weight excluding hydrogens is 244 g/mol. The van der Waals surface area contributed by atoms with E-state index in [1.165, 1.54) is 63.6 Å². The molecule has 2 aliphatic rings. The maximum absolute atomic E-state index is 6.17. The van der Waals surface area contributed by atoms with Crippen LogP contribution in [0.1, 0.15) is 68.0 Å². The highest BCUT2D eigenvalue weighted by atomic mass is 15.2. The van der Waals surface area contributed by atoms with Gasteiger partial charge in [0, 0.05) is 12.6 Å². The molecule has 0 radical (unpaired) electrons. The van der Waals surface area contributed by atoms with Gasteiger partial charge in [0.05, 0.1) is 0 Å². The Balaban J connectivity index is 1.80. The number of nitrogens with zero attached hydrogens (tertiary/aromatic N) is 1. The number of hydrogen-bond donors (Lipinski definition) is 1. The van der Waals surface area contributed by atoms with Gasteiger partial charge in [-0.3, -0.25) is 4.90 Å². The van der Waals surface area contributed by atoms with E-state index in [1.54, 1.807) is 5.56 Å². The molecule has 2 nitrogen and oxygen atoms in total. The summed E-state index contributed by atoms with van der Waals surface area (Å²) in [5.41, 5.74) is 9.26. The Bertz CT molecular complexity index is 417. The largest absolute Gasteiger partial charge is 0.329 e. The molecule has 2 N–H and O–H groups in total. The van der Waals surface area contributed by atoms with Crippen LogP contribution >= 0.6 is 0 Å². The van der Waals surface area contributed by atoms with Gasteiger partial charge in [-0.25, -0.2) is 0 Å². The van der Waals surface area contributed by atoms with Gasteiger partial charge in [-0.15, -0.1) is 0 Å². The zero-order valence-electron chi connectivity index (χ0n) is 12.6. The normalized spacial score (nSPS) is 23.1. The van der Waals surface area contributed by atoms with Gasteiger partial charge in [0.1, 0.15) is 0 Å². The predicted octanol–water partition coefficient (Wildman–Crippen LogP) is 3.83. The third-order valence-corrected chi connectivity index (χ3v) is 4.93. The van der Waals surface area contributed by atoms with Crippen molar-refractivity contribution in [3.8, 4) is 0 Å². The summed E-state index contributed by atoms with van der Waals surface area (Å²) in [5, 5.41) is 0. The average molecular weight is 272 g/mol. The highest BCUT2D eigenvalue weighted by Crippen LogP contribution is 2.43. The van der Waals surface area contributed by atoms with Gasteiger partial charge in [0.25, 0.3) is 0 Å². The van der Waals surface area contributed by atoms with Gasteiger partial charge >= 0.3 is 0 Å². The molecule has 2 heteroatoms. The third-order valence-electron chi connectivity index (χ3n) is 4.93. The van der Waals surface area contributed by atoms with Crippen LogP contribution in [0.5, 0.6) is 0 Å². The summed E-state index contributed by atoms with van der Waals surface area (Å²) in [5.74, 6) is 0.815. The minimum Gasteiger partial charge on any atom is -0.329 e. The van der Waals surface area contributed by atoms with Gasteiger partial charge in [0.2, 0.25) is 0 Å². The predicted molar refractivity (Wildman–Crippen MR) is 84.9 cm³/mol. The molecule has 20 heavy (non-hydrogen) atoms. The summed E-state index contributed by atoms with van der Waals surface area (Å²) < 4.78 is 0. The maximum Gasteiger partial charge on any atom is 0.0473 e. The molecule has 1 aliphatic carbocycles. The molecule has 1 saturated heterocycles. The molecule has 1 heterocycles. The summed E-state index contributed by atoms with van der Waals surface area (Å²) >= 11 is 0. The molecule has 1 saturated carbocycles. The molecule has 1 aliphatic heterocycles. The topological polar surface area (TPSA) is 29.3 Å². The van der Waals surface area contributed by atoms with Crippen molar-refractivity contribution in [3.05, 3.63) is 35.4 Å². The van der Waals surface area contributed by atoms with Gasteiger partial charge in [-0.1, -0.05) is 43.5 Å². The first-order valence-electron chi connectivity index (χ1n) is 8.43. The first-order valence-corrected chi connectivity index (χ1v) is 8.43. The SMILES string of the molecule is NCC(c1ccccc1C1CC1)N1CCCCCCC1. The Hall–Kier alpha value is -0.860. The lowest BCUT2D eigenvalue weighted by Gasteiger charge is -2.33. The van der Waals surface area contributed by atoms with Gasteiger partial charge in [0.15, 0.2) is 0 Å². The lowest BCUT2D eigenvalue weighted by Crippen LogP contribution is -2.36. The standard InChI is InChI=1S/C18H28N2/c19-14-18(20-12-6-2-1-3-7-13-20)17-9-5-4-8-16(17)15-10-11-15/h4-5,8-9,15,18H,1-3,6-7,10-14,19H2. The van der Waals surface area contributed by atoms with E-state index in [-0.39, 0.29) is 0 Å². The molecule has 110 valence electrons. The van der Waals surface area contributed by atoms with E-state index in [1.807, 2.05) is 0 Å². The average Bonchev–Trinajstić information content (AvgIpc) is 3.26. The van der Waals surface area contributed by atoms with Gasteiger partial charge in [-0.05, 0) is 55.8 Å². The Kier molecular flexibility index (Phi) is 4.74. The van der Waals surface area contributed by atoms with Crippen molar-refractivity contribution in [1.29, 1.82) is 0 Å². The van der Waals surface area contributed by atoms with Crippen LogP contribution in [0.25, 0.3) is 0 Å². The number of likely N-dealkylation sites (tertiary alicyclic amines) is 1. The van der Waals surface area contributed by atoms with Crippen molar-refractivity contribution in [3.63, 3.8) is 0 Å². The fourth-order valence-corrected chi connectivity index (χ4v) is 3.64. The molecule has 0 spiro atoms. The molecule has 0 bridgehead atoms. The number of benzene rings is 1. The summed E-state index contributed by atoms with van der Waals surface area (Å²) in [7, 11) is 0. The van der Waals surface area contributed by atoms with Crippen LogP contribution in [0.2, 0.25) is 0 Å². The zero-order valence-corrected chi connectivity index (χ0v) is 12.6. The van der Waals surface area contributed by atoms with Gasteiger partial charge in [-0.2, -0.15) is 0 Å². The number of rotatable bonds is 4. The first kappa shape index (κ1) is 14.1. The Morgan fingerprint density at radius 2 is 1.65 bits per heavy atom. The molecule has 0 amide bonds. The van der Waals surface area contributed by atoms with Crippen LogP contribution in [-0.4, -0.2) is 24.5 Å². The van der Waals surface area contributed by atoms with E-state index in [4.69, 9.17) is 5.73 Å². The first-order chi connectivity index (χ1) is 9.90. The summed E-state index contributed by atoms with van der Waals surface area (Å²) in [6, 6.07) is 9.47. The molecule has 2 fully saturated rings. The van der Waals surface area contributed by atoms with E-state index in [9.17, 15) is 0 Å². The quantitative estimate of drug-likeness (QED) is 0.902. The monoisotopic (exact) mass is 272 g/mol. The number of nitrogens with two attached hydrogens (primary N) is 1. The number of hydrogen-bond acceptors (Lipinski definition) is 2. The molecule has 1 atom stereocenters. The van der Waals surface area contributed by atoms with Crippen LogP contribution in [0.3, 0.4) is 0 Å². The maximum atomic E-state index is 6.17. The van der Waals surface area contributed by atoms with Crippen molar-refractivity contribution in [2.75, 3.05) is 19.6 Å². The lowest BCUT2D eigenvalue weighted by molar-refractivity contribution is 0.183. The Morgan fingerprint density at radius 1 is 1.00 bits per heavy atom. The molecule has 3 rings (SSSR count). The minimum atomic E-state index is 0.435. The highest BCUT2D eigenvalue weighted by Gasteiger charge is 2.29. The Labute approximate surface area is 123 Å². The fraction of sp³-hybridized carbons (Fsp3) is 0.667. The summed E-state index contributed by atoms with van der Waals surface area (Å²) in [4.78, 5) is 2.65. The van der Waals surface area contributed by atoms with E-state index >= 15 is 0 Å². The lowest BCUT2D eigenvalue weighted by atomic mass is 9.95. The zero-order chi connectivity index (χ0) is 13.8. The van der Waals surface area contributed by atoms with Crippen molar-refractivity contribution in [2.45, 2.75) is 56.9 Å². The second kappa shape index (κ2) is 6.73. The van der Waals surface area contributed by atoms with Crippen LogP contribution in [0.4, 0.5) is 0 Å². The van der Waals surface area contributed by atoms with Crippen LogP contribution in [0.15, 0.2) is 24.3 Å². The second-order valence-corrected chi connectivity index (χ2v) is 6.46. The second-order valence-electron chi connectivity index (χ2n) is 6.46. The van der Waals surface area contributed by atoms with Crippen molar-refractivity contribution in [2.24, 2.45) is 5.73 Å². The minimum absolute atomic E-state index is 0.435. The molecule has 0 aromatic heterocycles. The van der Waals surface area contributed by atoms with E-state index in [0.717, 1.165) is 12.5 Å². The van der Waals surface area contributed by atoms with E-state index in [2.05, 4.69) is 29.2 Å². The molecule has 1 aromatic rings. The summed E-state index contributed by atoms with van der Waals surface area (Å²) in [6.45, 7) is 3.20. The summed E-state index contributed by atoms with van der Waals surface area (Å²) in [6.07, 6.45) is 9.60.